The predicted molar refractivity (Wildman–Crippen MR) is 71.8 cm³/mol. The Hall–Kier alpha value is -2.27. The van der Waals surface area contributed by atoms with Crippen LogP contribution in [0.25, 0.3) is 0 Å². The fraction of sp³-hybridized carbons (Fsp3) is 0. The smallest absolute Gasteiger partial charge is 0.258 e. The monoisotopic (exact) mass is 278 g/mol. The highest BCUT2D eigenvalue weighted by Gasteiger charge is 2.08. The third-order valence-corrected chi connectivity index (χ3v) is 2.71. The second kappa shape index (κ2) is 5.58. The van der Waals surface area contributed by atoms with Crippen LogP contribution < -0.4 is 0 Å². The first-order valence-corrected chi connectivity index (χ1v) is 5.67. The molecule has 0 aliphatic heterocycles. The molecule has 0 spiro atoms. The average Bonchev–Trinajstić information content (AvgIpc) is 2.39. The number of nitro benzene ring substituents is 1. The molecule has 19 heavy (non-hydrogen) atoms. The number of hydrogen-bond acceptors (Lipinski definition) is 3. The van der Waals surface area contributed by atoms with Gasteiger partial charge >= 0.3 is 0 Å². The molecule has 0 heterocycles. The number of aliphatic imine (C=N–C) groups is 1. The molecular formula is C13H8ClFN2O2. The molecule has 0 unspecified atom stereocenters. The molecule has 0 aliphatic rings. The van der Waals surface area contributed by atoms with Crippen molar-refractivity contribution < 1.29 is 9.31 Å². The Morgan fingerprint density at radius 3 is 2.53 bits per heavy atom. The molecule has 2 aromatic rings. The Bertz CT molecular complexity index is 642. The normalized spacial score (nSPS) is 10.8. The topological polar surface area (TPSA) is 55.5 Å². The van der Waals surface area contributed by atoms with Crippen molar-refractivity contribution >= 4 is 29.2 Å². The maximum Gasteiger partial charge on any atom is 0.270 e. The molecule has 0 N–H and O–H groups in total. The minimum atomic E-state index is -0.508. The van der Waals surface area contributed by atoms with Crippen LogP contribution in [0.1, 0.15) is 5.56 Å². The van der Waals surface area contributed by atoms with Crippen LogP contribution in [-0.2, 0) is 0 Å². The summed E-state index contributed by atoms with van der Waals surface area (Å²) in [6.45, 7) is 0. The first-order valence-electron chi connectivity index (χ1n) is 5.30. The second-order valence-corrected chi connectivity index (χ2v) is 4.10. The lowest BCUT2D eigenvalue weighted by Crippen LogP contribution is -1.90. The number of non-ortho nitro benzene ring substituents is 1. The molecule has 0 fully saturated rings. The molecule has 0 saturated heterocycles. The van der Waals surface area contributed by atoms with Gasteiger partial charge in [-0.05, 0) is 30.3 Å². The summed E-state index contributed by atoms with van der Waals surface area (Å²) < 4.78 is 12.7. The van der Waals surface area contributed by atoms with Gasteiger partial charge in [0, 0.05) is 28.9 Å². The van der Waals surface area contributed by atoms with Crippen molar-refractivity contribution in [1.29, 1.82) is 0 Å². The second-order valence-electron chi connectivity index (χ2n) is 3.70. The van der Waals surface area contributed by atoms with Crippen LogP contribution in [0.4, 0.5) is 15.8 Å². The van der Waals surface area contributed by atoms with E-state index < -0.39 is 4.92 Å². The molecule has 96 valence electrons. The zero-order valence-corrected chi connectivity index (χ0v) is 10.3. The number of nitrogens with zero attached hydrogens (tertiary/aromatic N) is 2. The van der Waals surface area contributed by atoms with Crippen molar-refractivity contribution in [3.05, 3.63) is 69.0 Å². The highest BCUT2D eigenvalue weighted by Crippen LogP contribution is 2.21. The lowest BCUT2D eigenvalue weighted by molar-refractivity contribution is -0.384. The molecule has 2 rings (SSSR count). The molecule has 0 atom stereocenters. The molecule has 4 nitrogen and oxygen atoms in total. The van der Waals surface area contributed by atoms with Crippen LogP contribution in [0, 0.1) is 15.9 Å². The summed E-state index contributed by atoms with van der Waals surface area (Å²) in [4.78, 5) is 14.2. The van der Waals surface area contributed by atoms with E-state index in [0.29, 0.717) is 16.3 Å². The van der Waals surface area contributed by atoms with Gasteiger partial charge in [-0.1, -0.05) is 11.6 Å². The van der Waals surface area contributed by atoms with Crippen molar-refractivity contribution in [1.82, 2.24) is 0 Å². The third kappa shape index (κ3) is 3.35. The Morgan fingerprint density at radius 2 is 1.89 bits per heavy atom. The molecule has 0 amide bonds. The zero-order valence-electron chi connectivity index (χ0n) is 9.59. The Kier molecular flexibility index (Phi) is 3.87. The quantitative estimate of drug-likeness (QED) is 0.481. The summed E-state index contributed by atoms with van der Waals surface area (Å²) in [6, 6.07) is 9.64. The van der Waals surface area contributed by atoms with Crippen LogP contribution in [0.2, 0.25) is 5.02 Å². The van der Waals surface area contributed by atoms with Crippen LogP contribution >= 0.6 is 11.6 Å². The van der Waals surface area contributed by atoms with Crippen LogP contribution in [-0.4, -0.2) is 11.1 Å². The molecule has 0 aromatic heterocycles. The lowest BCUT2D eigenvalue weighted by Gasteiger charge is -1.98. The third-order valence-electron chi connectivity index (χ3n) is 2.37. The molecule has 6 heteroatoms. The van der Waals surface area contributed by atoms with Gasteiger partial charge in [-0.15, -0.1) is 0 Å². The fourth-order valence-electron chi connectivity index (χ4n) is 1.41. The number of benzene rings is 2. The highest BCUT2D eigenvalue weighted by molar-refractivity contribution is 6.33. The van der Waals surface area contributed by atoms with E-state index in [2.05, 4.69) is 4.99 Å². The number of rotatable bonds is 3. The summed E-state index contributed by atoms with van der Waals surface area (Å²) in [5.41, 5.74) is 0.897. The first-order chi connectivity index (χ1) is 9.06. The van der Waals surface area contributed by atoms with E-state index in [0.717, 1.165) is 0 Å². The summed E-state index contributed by atoms with van der Waals surface area (Å²) >= 11 is 5.92. The molecule has 0 bridgehead atoms. The average molecular weight is 279 g/mol. The van der Waals surface area contributed by atoms with Crippen LogP contribution in [0.15, 0.2) is 47.5 Å². The van der Waals surface area contributed by atoms with E-state index in [9.17, 15) is 14.5 Å². The number of nitro groups is 1. The van der Waals surface area contributed by atoms with E-state index in [1.165, 1.54) is 48.7 Å². The fourth-order valence-corrected chi connectivity index (χ4v) is 1.58. The van der Waals surface area contributed by atoms with E-state index in [-0.39, 0.29) is 11.5 Å². The summed E-state index contributed by atoms with van der Waals surface area (Å²) in [6.07, 6.45) is 1.41. The van der Waals surface area contributed by atoms with Crippen molar-refractivity contribution in [3.8, 4) is 0 Å². The molecule has 0 aliphatic carbocycles. The van der Waals surface area contributed by atoms with E-state index in [1.807, 2.05) is 0 Å². The van der Waals surface area contributed by atoms with Gasteiger partial charge in [-0.3, -0.25) is 15.1 Å². The predicted octanol–water partition coefficient (Wildman–Crippen LogP) is 4.14. The maximum atomic E-state index is 12.7. The van der Waals surface area contributed by atoms with Gasteiger partial charge in [0.25, 0.3) is 5.69 Å². The lowest BCUT2D eigenvalue weighted by atomic mass is 10.2. The molecule has 0 saturated carbocycles. The van der Waals surface area contributed by atoms with Crippen LogP contribution in [0.3, 0.4) is 0 Å². The highest BCUT2D eigenvalue weighted by atomic mass is 35.5. The summed E-state index contributed by atoms with van der Waals surface area (Å²) in [5, 5.41) is 11.0. The van der Waals surface area contributed by atoms with Gasteiger partial charge < -0.3 is 0 Å². The van der Waals surface area contributed by atoms with Gasteiger partial charge in [-0.2, -0.15) is 0 Å². The zero-order chi connectivity index (χ0) is 13.8. The van der Waals surface area contributed by atoms with Gasteiger partial charge in [0.2, 0.25) is 0 Å². The summed E-state index contributed by atoms with van der Waals surface area (Å²) in [7, 11) is 0. The number of hydrogen-bond donors (Lipinski definition) is 0. The standard InChI is InChI=1S/C13H8ClFN2O2/c14-13-6-5-12(17(18)19)7-9(13)8-16-11-3-1-10(15)2-4-11/h1-8H. The molecule has 2 aromatic carbocycles. The van der Waals surface area contributed by atoms with Crippen molar-refractivity contribution in [2.75, 3.05) is 0 Å². The minimum Gasteiger partial charge on any atom is -0.258 e. The Labute approximate surface area is 113 Å². The molecular weight excluding hydrogens is 271 g/mol. The van der Waals surface area contributed by atoms with E-state index in [4.69, 9.17) is 11.6 Å². The van der Waals surface area contributed by atoms with Crippen LogP contribution in [0.5, 0.6) is 0 Å². The first kappa shape index (κ1) is 13.2. The van der Waals surface area contributed by atoms with Gasteiger partial charge in [0.1, 0.15) is 5.82 Å². The largest absolute Gasteiger partial charge is 0.270 e. The Balaban J connectivity index is 2.29. The van der Waals surface area contributed by atoms with E-state index in [1.54, 1.807) is 0 Å². The Morgan fingerprint density at radius 1 is 1.21 bits per heavy atom. The van der Waals surface area contributed by atoms with Crippen molar-refractivity contribution in [3.63, 3.8) is 0 Å². The SMILES string of the molecule is O=[N+]([O-])c1ccc(Cl)c(C=Nc2ccc(F)cc2)c1. The maximum absolute atomic E-state index is 12.7. The summed E-state index contributed by atoms with van der Waals surface area (Å²) in [5.74, 6) is -0.354. The van der Waals surface area contributed by atoms with Gasteiger partial charge in [-0.25, -0.2) is 4.39 Å². The molecule has 0 radical (unpaired) electrons. The minimum absolute atomic E-state index is 0.0649. The number of halogens is 2. The van der Waals surface area contributed by atoms with Gasteiger partial charge in [0.15, 0.2) is 0 Å². The van der Waals surface area contributed by atoms with Crippen molar-refractivity contribution in [2.45, 2.75) is 0 Å². The van der Waals surface area contributed by atoms with E-state index >= 15 is 0 Å². The van der Waals surface area contributed by atoms with Crippen molar-refractivity contribution in [2.24, 2.45) is 4.99 Å². The van der Waals surface area contributed by atoms with Gasteiger partial charge in [0.05, 0.1) is 10.6 Å².